The van der Waals surface area contributed by atoms with Crippen molar-refractivity contribution in [3.05, 3.63) is 0 Å². The molecule has 3 nitrogen and oxygen atoms in total. The molecule has 0 heterocycles. The second kappa shape index (κ2) is 8.52. The van der Waals surface area contributed by atoms with Gasteiger partial charge in [0.25, 0.3) is 0 Å². The average molecular weight is 254 g/mol. The Morgan fingerprint density at radius 1 is 1.17 bits per heavy atom. The lowest BCUT2D eigenvalue weighted by Gasteiger charge is -2.17. The fourth-order valence-corrected chi connectivity index (χ4v) is 2.66. The molecular weight excluding hydrogens is 224 g/mol. The van der Waals surface area contributed by atoms with Gasteiger partial charge in [0.05, 0.1) is 0 Å². The normalized spacial score (nSPS) is 24.9. The lowest BCUT2D eigenvalue weighted by Crippen LogP contribution is -2.38. The molecule has 3 heteroatoms. The summed E-state index contributed by atoms with van der Waals surface area (Å²) in [4.78, 5) is 11.4. The lowest BCUT2D eigenvalue weighted by molar-refractivity contribution is -0.123. The van der Waals surface area contributed by atoms with Crippen molar-refractivity contribution in [2.75, 3.05) is 13.1 Å². The Morgan fingerprint density at radius 3 is 2.61 bits per heavy atom. The molecule has 0 aliphatic heterocycles. The molecule has 2 atom stereocenters. The van der Waals surface area contributed by atoms with E-state index in [4.69, 9.17) is 0 Å². The van der Waals surface area contributed by atoms with Crippen LogP contribution in [0.3, 0.4) is 0 Å². The van der Waals surface area contributed by atoms with E-state index in [9.17, 15) is 4.79 Å². The number of carbonyl (C=O) groups is 1. The fourth-order valence-electron chi connectivity index (χ4n) is 2.66. The Kier molecular flexibility index (Phi) is 7.33. The van der Waals surface area contributed by atoms with E-state index in [1.807, 2.05) is 13.8 Å². The van der Waals surface area contributed by atoms with Gasteiger partial charge in [-0.1, -0.05) is 40.0 Å². The number of rotatable bonds is 6. The molecule has 106 valence electrons. The summed E-state index contributed by atoms with van der Waals surface area (Å²) in [6.45, 7) is 7.82. The smallest absolute Gasteiger partial charge is 0.222 e. The van der Waals surface area contributed by atoms with Crippen LogP contribution in [0.1, 0.15) is 59.3 Å². The Balaban J connectivity index is 2.10. The summed E-state index contributed by atoms with van der Waals surface area (Å²) >= 11 is 0. The molecule has 1 saturated carbocycles. The summed E-state index contributed by atoms with van der Waals surface area (Å²) in [5.74, 6) is 1.19. The van der Waals surface area contributed by atoms with Crippen LogP contribution in [-0.2, 0) is 4.79 Å². The van der Waals surface area contributed by atoms with Crippen molar-refractivity contribution in [2.24, 2.45) is 11.8 Å². The molecule has 0 bridgehead atoms. The van der Waals surface area contributed by atoms with Gasteiger partial charge in [0.15, 0.2) is 0 Å². The van der Waals surface area contributed by atoms with Crippen LogP contribution in [0.4, 0.5) is 0 Å². The molecule has 0 aromatic heterocycles. The van der Waals surface area contributed by atoms with E-state index in [-0.39, 0.29) is 11.8 Å². The molecule has 2 N–H and O–H groups in total. The quantitative estimate of drug-likeness (QED) is 0.565. The second-order valence-corrected chi connectivity index (χ2v) is 5.88. The zero-order valence-corrected chi connectivity index (χ0v) is 12.3. The lowest BCUT2D eigenvalue weighted by atomic mass is 9.98. The van der Waals surface area contributed by atoms with Crippen molar-refractivity contribution in [3.63, 3.8) is 0 Å². The summed E-state index contributed by atoms with van der Waals surface area (Å²) in [7, 11) is 0. The minimum atomic E-state index is 0.0909. The maximum Gasteiger partial charge on any atom is 0.222 e. The van der Waals surface area contributed by atoms with Gasteiger partial charge in [0.2, 0.25) is 5.91 Å². The fraction of sp³-hybridized carbons (Fsp3) is 0.933. The summed E-state index contributed by atoms with van der Waals surface area (Å²) in [5, 5.41) is 6.54. The van der Waals surface area contributed by atoms with Crippen molar-refractivity contribution in [1.29, 1.82) is 0 Å². The van der Waals surface area contributed by atoms with Gasteiger partial charge < -0.3 is 10.6 Å². The Morgan fingerprint density at radius 2 is 1.94 bits per heavy atom. The maximum absolute atomic E-state index is 11.4. The number of nitrogens with one attached hydrogen (secondary N) is 2. The highest BCUT2D eigenvalue weighted by molar-refractivity contribution is 5.77. The zero-order chi connectivity index (χ0) is 13.4. The van der Waals surface area contributed by atoms with E-state index in [0.29, 0.717) is 6.04 Å². The third-order valence-electron chi connectivity index (χ3n) is 4.05. The van der Waals surface area contributed by atoms with Gasteiger partial charge >= 0.3 is 0 Å². The van der Waals surface area contributed by atoms with Crippen molar-refractivity contribution in [1.82, 2.24) is 10.6 Å². The van der Waals surface area contributed by atoms with E-state index >= 15 is 0 Å². The third kappa shape index (κ3) is 5.85. The van der Waals surface area contributed by atoms with Crippen molar-refractivity contribution >= 4 is 5.91 Å². The summed E-state index contributed by atoms with van der Waals surface area (Å²) in [6, 6.07) is 0.664. The van der Waals surface area contributed by atoms with Gasteiger partial charge in [-0.25, -0.2) is 0 Å². The van der Waals surface area contributed by atoms with E-state index in [1.165, 1.54) is 38.5 Å². The van der Waals surface area contributed by atoms with Gasteiger partial charge in [-0.3, -0.25) is 4.79 Å². The summed E-state index contributed by atoms with van der Waals surface area (Å²) in [5.41, 5.74) is 0. The average Bonchev–Trinajstić information content (AvgIpc) is 2.59. The van der Waals surface area contributed by atoms with Gasteiger partial charge in [-0.15, -0.1) is 0 Å². The first-order valence-corrected chi connectivity index (χ1v) is 7.64. The molecular formula is C15H30N2O. The molecule has 0 aromatic carbocycles. The first-order valence-electron chi connectivity index (χ1n) is 7.64. The molecule has 0 aromatic rings. The van der Waals surface area contributed by atoms with Crippen LogP contribution in [0, 0.1) is 11.8 Å². The monoisotopic (exact) mass is 254 g/mol. The van der Waals surface area contributed by atoms with E-state index in [0.717, 1.165) is 19.0 Å². The highest BCUT2D eigenvalue weighted by atomic mass is 16.1. The Hall–Kier alpha value is -0.570. The first-order chi connectivity index (χ1) is 8.63. The van der Waals surface area contributed by atoms with Crippen LogP contribution in [0.25, 0.3) is 0 Å². The molecule has 2 unspecified atom stereocenters. The standard InChI is InChI=1S/C15H30N2O/c1-4-13-6-5-7-14(9-8-13)16-10-11-17-15(18)12(2)3/h12-14,16H,4-11H2,1-3H3,(H,17,18). The summed E-state index contributed by atoms with van der Waals surface area (Å²) < 4.78 is 0. The topological polar surface area (TPSA) is 41.1 Å². The minimum Gasteiger partial charge on any atom is -0.355 e. The minimum absolute atomic E-state index is 0.0909. The van der Waals surface area contributed by atoms with Crippen LogP contribution < -0.4 is 10.6 Å². The van der Waals surface area contributed by atoms with Crippen molar-refractivity contribution in [3.8, 4) is 0 Å². The second-order valence-electron chi connectivity index (χ2n) is 5.88. The highest BCUT2D eigenvalue weighted by Crippen LogP contribution is 2.25. The van der Waals surface area contributed by atoms with Crippen LogP contribution in [0.15, 0.2) is 0 Å². The number of hydrogen-bond donors (Lipinski definition) is 2. The predicted octanol–water partition coefficient (Wildman–Crippen LogP) is 2.71. The molecule has 1 aliphatic rings. The molecule has 1 fully saturated rings. The van der Waals surface area contributed by atoms with Crippen LogP contribution in [0.2, 0.25) is 0 Å². The number of amides is 1. The molecule has 1 aliphatic carbocycles. The SMILES string of the molecule is CCC1CCCC(NCCNC(=O)C(C)C)CC1. The van der Waals surface area contributed by atoms with Crippen LogP contribution in [-0.4, -0.2) is 25.0 Å². The number of carbonyl (C=O) groups excluding carboxylic acids is 1. The van der Waals surface area contributed by atoms with Gasteiger partial charge in [-0.05, 0) is 25.2 Å². The largest absolute Gasteiger partial charge is 0.355 e. The zero-order valence-electron chi connectivity index (χ0n) is 12.3. The first kappa shape index (κ1) is 15.5. The third-order valence-corrected chi connectivity index (χ3v) is 4.05. The Bertz CT molecular complexity index is 241. The molecule has 1 amide bonds. The summed E-state index contributed by atoms with van der Waals surface area (Å²) in [6.07, 6.45) is 8.06. The van der Waals surface area contributed by atoms with Crippen molar-refractivity contribution in [2.45, 2.75) is 65.3 Å². The van der Waals surface area contributed by atoms with Gasteiger partial charge in [0.1, 0.15) is 0 Å². The van der Waals surface area contributed by atoms with Crippen molar-refractivity contribution < 1.29 is 4.79 Å². The molecule has 0 spiro atoms. The molecule has 0 radical (unpaired) electrons. The van der Waals surface area contributed by atoms with E-state index in [1.54, 1.807) is 0 Å². The van der Waals surface area contributed by atoms with Gasteiger partial charge in [-0.2, -0.15) is 0 Å². The highest BCUT2D eigenvalue weighted by Gasteiger charge is 2.17. The molecule has 18 heavy (non-hydrogen) atoms. The molecule has 0 saturated heterocycles. The Labute approximate surface area is 112 Å². The van der Waals surface area contributed by atoms with E-state index < -0.39 is 0 Å². The maximum atomic E-state index is 11.4. The number of hydrogen-bond acceptors (Lipinski definition) is 2. The predicted molar refractivity (Wildman–Crippen MR) is 76.5 cm³/mol. The van der Waals surface area contributed by atoms with Crippen LogP contribution in [0.5, 0.6) is 0 Å². The van der Waals surface area contributed by atoms with Gasteiger partial charge in [0, 0.05) is 25.0 Å². The molecule has 1 rings (SSSR count). The van der Waals surface area contributed by atoms with E-state index in [2.05, 4.69) is 17.6 Å². The van der Waals surface area contributed by atoms with Crippen LogP contribution >= 0.6 is 0 Å².